The van der Waals surface area contributed by atoms with Gasteiger partial charge in [-0.2, -0.15) is 18.4 Å². The molecular formula is C22H18F3N5O2S. The number of halogens is 3. The molecule has 1 saturated carbocycles. The Morgan fingerprint density at radius 1 is 1.21 bits per heavy atom. The number of nitrogen functional groups attached to an aromatic ring is 1. The Morgan fingerprint density at radius 3 is 2.39 bits per heavy atom. The Kier molecular flexibility index (Phi) is 5.29. The fourth-order valence-corrected chi connectivity index (χ4v) is 4.71. The second-order valence-electron chi connectivity index (χ2n) is 7.83. The van der Waals surface area contributed by atoms with Gasteiger partial charge >= 0.3 is 6.18 Å². The minimum absolute atomic E-state index is 0.00428. The number of hydrogen-bond donors (Lipinski definition) is 2. The van der Waals surface area contributed by atoms with Crippen LogP contribution in [0.2, 0.25) is 0 Å². The molecule has 3 N–H and O–H groups in total. The molecule has 0 aromatic heterocycles. The molecule has 7 nitrogen and oxygen atoms in total. The van der Waals surface area contributed by atoms with Crippen molar-refractivity contribution in [3.05, 3.63) is 53.1 Å². The molecule has 2 amide bonds. The molecule has 0 atom stereocenters. The molecule has 11 heteroatoms. The largest absolute Gasteiger partial charge is 0.417 e. The number of nitrogens with one attached hydrogen (secondary N) is 1. The summed E-state index contributed by atoms with van der Waals surface area (Å²) >= 11 is 5.57. The Labute approximate surface area is 192 Å². The van der Waals surface area contributed by atoms with E-state index in [1.54, 1.807) is 11.0 Å². The first-order valence-electron chi connectivity index (χ1n) is 9.97. The van der Waals surface area contributed by atoms with E-state index in [1.165, 1.54) is 31.3 Å². The number of carbonyl (C=O) groups is 2. The smallest absolute Gasteiger partial charge is 0.398 e. The first-order chi connectivity index (χ1) is 15.5. The van der Waals surface area contributed by atoms with E-state index >= 15 is 0 Å². The fourth-order valence-electron chi connectivity index (χ4n) is 4.24. The van der Waals surface area contributed by atoms with Crippen molar-refractivity contribution in [3.8, 4) is 6.07 Å². The molecule has 170 valence electrons. The van der Waals surface area contributed by atoms with Crippen molar-refractivity contribution in [1.29, 1.82) is 5.26 Å². The third-order valence-corrected chi connectivity index (χ3v) is 6.41. The van der Waals surface area contributed by atoms with Gasteiger partial charge in [0.25, 0.3) is 11.8 Å². The highest BCUT2D eigenvalue weighted by Gasteiger charge is 2.59. The summed E-state index contributed by atoms with van der Waals surface area (Å²) in [5.41, 5.74) is 4.15. The maximum Gasteiger partial charge on any atom is 0.417 e. The predicted molar refractivity (Wildman–Crippen MR) is 120 cm³/mol. The maximum absolute atomic E-state index is 13.5. The van der Waals surface area contributed by atoms with Crippen molar-refractivity contribution in [2.45, 2.75) is 31.0 Å². The van der Waals surface area contributed by atoms with Crippen molar-refractivity contribution >= 4 is 46.2 Å². The maximum atomic E-state index is 13.5. The number of nitrogens with two attached hydrogens (primary N) is 1. The molecule has 1 aliphatic heterocycles. The van der Waals surface area contributed by atoms with Gasteiger partial charge in [-0.3, -0.25) is 14.5 Å². The number of thiocarbonyl (C=S) groups is 1. The average Bonchev–Trinajstić information content (AvgIpc) is 2.98. The van der Waals surface area contributed by atoms with E-state index in [1.807, 2.05) is 0 Å². The Hall–Kier alpha value is -3.65. The van der Waals surface area contributed by atoms with Crippen LogP contribution in [0.1, 0.15) is 40.7 Å². The number of anilines is 3. The first-order valence-corrected chi connectivity index (χ1v) is 10.4. The molecule has 1 aliphatic carbocycles. The third-order valence-electron chi connectivity index (χ3n) is 6.04. The van der Waals surface area contributed by atoms with E-state index in [0.29, 0.717) is 18.5 Å². The number of carbonyl (C=O) groups excluding carboxylic acids is 2. The van der Waals surface area contributed by atoms with Crippen molar-refractivity contribution in [2.24, 2.45) is 0 Å². The molecule has 2 aromatic carbocycles. The quantitative estimate of drug-likeness (QED) is 0.522. The molecule has 0 radical (unpaired) electrons. The summed E-state index contributed by atoms with van der Waals surface area (Å²) in [6.45, 7) is 0. The highest BCUT2D eigenvalue weighted by Crippen LogP contribution is 2.48. The van der Waals surface area contributed by atoms with E-state index in [2.05, 4.69) is 5.32 Å². The molecule has 2 fully saturated rings. The van der Waals surface area contributed by atoms with Gasteiger partial charge in [0.1, 0.15) is 5.54 Å². The molecule has 1 heterocycles. The van der Waals surface area contributed by atoms with Crippen LogP contribution in [0, 0.1) is 11.3 Å². The van der Waals surface area contributed by atoms with Crippen LogP contribution in [0.5, 0.6) is 0 Å². The Bertz CT molecular complexity index is 1230. The first kappa shape index (κ1) is 22.5. The van der Waals surface area contributed by atoms with E-state index < -0.39 is 28.7 Å². The van der Waals surface area contributed by atoms with Crippen LogP contribution in [-0.4, -0.2) is 29.5 Å². The van der Waals surface area contributed by atoms with Crippen LogP contribution in [0.4, 0.5) is 30.2 Å². The number of hydrogen-bond acceptors (Lipinski definition) is 5. The van der Waals surface area contributed by atoms with Gasteiger partial charge in [0.2, 0.25) is 0 Å². The van der Waals surface area contributed by atoms with Crippen molar-refractivity contribution in [1.82, 2.24) is 5.32 Å². The number of nitrogens with zero attached hydrogens (tertiary/aromatic N) is 3. The lowest BCUT2D eigenvalue weighted by Gasteiger charge is -2.43. The zero-order valence-electron chi connectivity index (χ0n) is 17.4. The zero-order valence-corrected chi connectivity index (χ0v) is 18.2. The van der Waals surface area contributed by atoms with Gasteiger partial charge in [0.15, 0.2) is 5.11 Å². The van der Waals surface area contributed by atoms with Crippen molar-refractivity contribution in [2.75, 3.05) is 22.6 Å². The van der Waals surface area contributed by atoms with Crippen LogP contribution in [-0.2, 0) is 11.0 Å². The monoisotopic (exact) mass is 473 g/mol. The Balaban J connectivity index is 1.80. The summed E-state index contributed by atoms with van der Waals surface area (Å²) in [4.78, 5) is 28.1. The molecule has 2 aromatic rings. The lowest BCUT2D eigenvalue weighted by molar-refractivity contribution is -0.137. The summed E-state index contributed by atoms with van der Waals surface area (Å²) in [6.07, 6.45) is -3.11. The molecule has 0 bridgehead atoms. The van der Waals surface area contributed by atoms with Crippen LogP contribution in [0.25, 0.3) is 0 Å². The van der Waals surface area contributed by atoms with Gasteiger partial charge in [-0.25, -0.2) is 0 Å². The fraction of sp³-hybridized carbons (Fsp3) is 0.273. The van der Waals surface area contributed by atoms with Crippen LogP contribution >= 0.6 is 12.2 Å². The lowest BCUT2D eigenvalue weighted by atomic mass is 9.75. The van der Waals surface area contributed by atoms with E-state index in [-0.39, 0.29) is 28.0 Å². The summed E-state index contributed by atoms with van der Waals surface area (Å²) in [6, 6.07) is 9.23. The van der Waals surface area contributed by atoms with Crippen LogP contribution in [0.3, 0.4) is 0 Å². The molecule has 33 heavy (non-hydrogen) atoms. The second-order valence-corrected chi connectivity index (χ2v) is 8.20. The van der Waals surface area contributed by atoms with Crippen LogP contribution in [0.15, 0.2) is 36.4 Å². The topological polar surface area (TPSA) is 102 Å². The lowest BCUT2D eigenvalue weighted by Crippen LogP contribution is -2.55. The van der Waals surface area contributed by atoms with Gasteiger partial charge in [-0.1, -0.05) is 0 Å². The average molecular weight is 473 g/mol. The molecule has 0 unspecified atom stereocenters. The van der Waals surface area contributed by atoms with E-state index in [9.17, 15) is 22.8 Å². The standard InChI is InChI=1S/C22H18F3N5O2S/c1-28-18(31)15-6-5-14(10-17(15)27)30-20(33)29(19(32)21(30)7-2-8-21)13-4-3-12(11-26)16(9-13)22(23,24)25/h3-6,9-10H,2,7-8,27H2,1H3,(H,28,31). The Morgan fingerprint density at radius 2 is 1.88 bits per heavy atom. The number of benzene rings is 2. The summed E-state index contributed by atoms with van der Waals surface area (Å²) < 4.78 is 40.5. The van der Waals surface area contributed by atoms with E-state index in [0.717, 1.165) is 23.5 Å². The molecule has 4 rings (SSSR count). The normalized spacial score (nSPS) is 17.2. The predicted octanol–water partition coefficient (Wildman–Crippen LogP) is 3.58. The zero-order chi connectivity index (χ0) is 24.1. The highest BCUT2D eigenvalue weighted by molar-refractivity contribution is 7.81. The molecule has 1 saturated heterocycles. The number of rotatable bonds is 3. The van der Waals surface area contributed by atoms with Crippen molar-refractivity contribution < 1.29 is 22.8 Å². The molecular weight excluding hydrogens is 455 g/mol. The number of nitriles is 1. The molecule has 1 spiro atoms. The summed E-state index contributed by atoms with van der Waals surface area (Å²) in [7, 11) is 1.47. The number of amides is 2. The highest BCUT2D eigenvalue weighted by atomic mass is 32.1. The van der Waals surface area contributed by atoms with Crippen molar-refractivity contribution in [3.63, 3.8) is 0 Å². The molecule has 2 aliphatic rings. The minimum atomic E-state index is -4.77. The van der Waals surface area contributed by atoms with Gasteiger partial charge in [-0.05, 0) is 67.9 Å². The summed E-state index contributed by atoms with van der Waals surface area (Å²) in [5, 5.41) is 11.6. The van der Waals surface area contributed by atoms with Gasteiger partial charge < -0.3 is 16.0 Å². The third kappa shape index (κ3) is 3.38. The second kappa shape index (κ2) is 7.74. The summed E-state index contributed by atoms with van der Waals surface area (Å²) in [5.74, 6) is -0.818. The van der Waals surface area contributed by atoms with Gasteiger partial charge in [-0.15, -0.1) is 0 Å². The van der Waals surface area contributed by atoms with E-state index in [4.69, 9.17) is 23.2 Å². The SMILES string of the molecule is CNC(=O)c1ccc(N2C(=S)N(c3ccc(C#N)c(C(F)(F)F)c3)C(=O)C23CCC3)cc1N. The van der Waals surface area contributed by atoms with Gasteiger partial charge in [0, 0.05) is 18.4 Å². The van der Waals surface area contributed by atoms with Gasteiger partial charge in [0.05, 0.1) is 28.4 Å². The number of alkyl halides is 3. The minimum Gasteiger partial charge on any atom is -0.398 e. The van der Waals surface area contributed by atoms with Crippen LogP contribution < -0.4 is 20.9 Å².